The van der Waals surface area contributed by atoms with Gasteiger partial charge in [-0.3, -0.25) is 0 Å². The molecule has 1 aromatic heterocycles. The van der Waals surface area contributed by atoms with Gasteiger partial charge >= 0.3 is 5.97 Å². The van der Waals surface area contributed by atoms with Crippen LogP contribution >= 0.6 is 0 Å². The number of fused-ring (bicyclic) bond motifs is 1. The Morgan fingerprint density at radius 1 is 1.50 bits per heavy atom. The van der Waals surface area contributed by atoms with Crippen LogP contribution in [0.3, 0.4) is 0 Å². The average molecular weight is 223 g/mol. The van der Waals surface area contributed by atoms with E-state index in [1.807, 2.05) is 0 Å². The Bertz CT molecular complexity index is 547. The van der Waals surface area contributed by atoms with E-state index in [1.165, 1.54) is 12.1 Å². The summed E-state index contributed by atoms with van der Waals surface area (Å²) in [4.78, 5) is 14.1. The van der Waals surface area contributed by atoms with Crippen molar-refractivity contribution in [2.75, 3.05) is 6.61 Å². The topological polar surface area (TPSA) is 62.3 Å². The molecule has 5 heteroatoms. The van der Waals surface area contributed by atoms with Crippen LogP contribution < -0.4 is 0 Å². The summed E-state index contributed by atoms with van der Waals surface area (Å²) in [7, 11) is 0. The van der Waals surface area contributed by atoms with Crippen LogP contribution in [-0.2, 0) is 4.74 Å². The smallest absolute Gasteiger partial charge is 0.354 e. The van der Waals surface area contributed by atoms with Gasteiger partial charge in [-0.25, -0.2) is 9.18 Å². The fraction of sp³-hybridized carbons (Fsp3) is 0.182. The molecular weight excluding hydrogens is 213 g/mol. The Morgan fingerprint density at radius 2 is 2.25 bits per heavy atom. The molecule has 1 aromatic carbocycles. The average Bonchev–Trinajstić information content (AvgIpc) is 2.62. The molecule has 2 N–H and O–H groups in total. The fourth-order valence-corrected chi connectivity index (χ4v) is 1.50. The van der Waals surface area contributed by atoms with E-state index in [0.717, 1.165) is 6.07 Å². The van der Waals surface area contributed by atoms with Crippen molar-refractivity contribution >= 4 is 16.9 Å². The molecule has 0 unspecified atom stereocenters. The van der Waals surface area contributed by atoms with Crippen LogP contribution in [0, 0.1) is 5.82 Å². The molecule has 2 rings (SSSR count). The van der Waals surface area contributed by atoms with Crippen molar-refractivity contribution in [1.29, 1.82) is 0 Å². The minimum atomic E-state index is -0.567. The lowest BCUT2D eigenvalue weighted by molar-refractivity contribution is 0.0520. The van der Waals surface area contributed by atoms with E-state index in [0.29, 0.717) is 10.9 Å². The number of hydrogen-bond acceptors (Lipinski definition) is 3. The number of aromatic hydroxyl groups is 1. The van der Waals surface area contributed by atoms with E-state index in [-0.39, 0.29) is 18.1 Å². The van der Waals surface area contributed by atoms with Crippen molar-refractivity contribution in [2.24, 2.45) is 0 Å². The summed E-state index contributed by atoms with van der Waals surface area (Å²) in [5.74, 6) is -1.30. The van der Waals surface area contributed by atoms with E-state index >= 15 is 0 Å². The minimum absolute atomic E-state index is 0.192. The normalized spacial score (nSPS) is 10.6. The molecule has 1 heterocycles. The molecule has 2 aromatic rings. The number of hydrogen-bond donors (Lipinski definition) is 2. The van der Waals surface area contributed by atoms with Gasteiger partial charge in [-0.1, -0.05) is 0 Å². The summed E-state index contributed by atoms with van der Waals surface area (Å²) in [5, 5.41) is 9.86. The first kappa shape index (κ1) is 10.5. The van der Waals surface area contributed by atoms with Gasteiger partial charge in [0.1, 0.15) is 17.3 Å². The zero-order valence-electron chi connectivity index (χ0n) is 8.58. The fourth-order valence-electron chi connectivity index (χ4n) is 1.50. The van der Waals surface area contributed by atoms with Gasteiger partial charge in [0.05, 0.1) is 12.1 Å². The van der Waals surface area contributed by atoms with Crippen molar-refractivity contribution in [3.8, 4) is 5.75 Å². The van der Waals surface area contributed by atoms with Gasteiger partial charge in [-0.05, 0) is 19.1 Å². The Hall–Kier alpha value is -2.04. The first-order valence-corrected chi connectivity index (χ1v) is 4.80. The van der Waals surface area contributed by atoms with Gasteiger partial charge in [-0.15, -0.1) is 0 Å². The number of ether oxygens (including phenoxy) is 1. The third kappa shape index (κ3) is 1.71. The Morgan fingerprint density at radius 3 is 2.94 bits per heavy atom. The molecule has 0 aliphatic rings. The first-order chi connectivity index (χ1) is 7.61. The van der Waals surface area contributed by atoms with Crippen molar-refractivity contribution in [1.82, 2.24) is 4.98 Å². The number of benzene rings is 1. The predicted molar refractivity (Wildman–Crippen MR) is 55.9 cm³/mol. The van der Waals surface area contributed by atoms with E-state index < -0.39 is 11.8 Å². The summed E-state index contributed by atoms with van der Waals surface area (Å²) in [5.41, 5.74) is 0.554. The third-order valence-corrected chi connectivity index (χ3v) is 2.18. The molecule has 0 aliphatic heterocycles. The highest BCUT2D eigenvalue weighted by Crippen LogP contribution is 2.26. The van der Waals surface area contributed by atoms with E-state index in [1.54, 1.807) is 6.92 Å². The maximum absolute atomic E-state index is 13.0. The number of aromatic amines is 1. The van der Waals surface area contributed by atoms with Crippen LogP contribution in [0.2, 0.25) is 0 Å². The minimum Gasteiger partial charge on any atom is -0.507 e. The quantitative estimate of drug-likeness (QED) is 0.767. The molecule has 16 heavy (non-hydrogen) atoms. The zero-order valence-corrected chi connectivity index (χ0v) is 8.58. The van der Waals surface area contributed by atoms with Crippen molar-refractivity contribution in [3.63, 3.8) is 0 Å². The molecule has 0 saturated heterocycles. The summed E-state index contributed by atoms with van der Waals surface area (Å²) < 4.78 is 17.7. The number of phenols is 1. The van der Waals surface area contributed by atoms with Gasteiger partial charge in [0.2, 0.25) is 0 Å². The lowest BCUT2D eigenvalue weighted by Gasteiger charge is -1.96. The number of H-pyrrole nitrogens is 1. The number of carbonyl (C=O) groups excluding carboxylic acids is 1. The zero-order chi connectivity index (χ0) is 11.7. The highest BCUT2D eigenvalue weighted by atomic mass is 19.1. The van der Waals surface area contributed by atoms with Crippen molar-refractivity contribution in [3.05, 3.63) is 29.7 Å². The van der Waals surface area contributed by atoms with Crippen LogP contribution in [0.1, 0.15) is 17.4 Å². The number of esters is 1. The second-order valence-electron chi connectivity index (χ2n) is 3.29. The molecule has 0 atom stereocenters. The van der Waals surface area contributed by atoms with Gasteiger partial charge < -0.3 is 14.8 Å². The predicted octanol–water partition coefficient (Wildman–Crippen LogP) is 2.19. The van der Waals surface area contributed by atoms with E-state index in [4.69, 9.17) is 4.74 Å². The van der Waals surface area contributed by atoms with Gasteiger partial charge in [0, 0.05) is 11.5 Å². The number of rotatable bonds is 2. The molecule has 0 saturated carbocycles. The number of phenolic OH excluding ortho intramolecular Hbond substituents is 1. The summed E-state index contributed by atoms with van der Waals surface area (Å²) in [6.07, 6.45) is 0. The van der Waals surface area contributed by atoms with Crippen LogP contribution in [0.4, 0.5) is 4.39 Å². The standard InChI is InChI=1S/C11H10FNO3/c1-2-16-11(15)9-5-7-8(13-9)3-6(12)4-10(7)14/h3-5,13-14H,2H2,1H3. The summed E-state index contributed by atoms with van der Waals surface area (Å²) in [6, 6.07) is 3.63. The molecule has 0 fully saturated rings. The SMILES string of the molecule is CCOC(=O)c1cc2c(O)cc(F)cc2[nH]1. The van der Waals surface area contributed by atoms with Crippen molar-refractivity contribution in [2.45, 2.75) is 6.92 Å². The molecule has 0 spiro atoms. The molecule has 0 amide bonds. The van der Waals surface area contributed by atoms with Gasteiger partial charge in [0.15, 0.2) is 0 Å². The van der Waals surface area contributed by atoms with E-state index in [9.17, 15) is 14.3 Å². The second-order valence-corrected chi connectivity index (χ2v) is 3.29. The Kier molecular flexibility index (Phi) is 2.52. The molecule has 0 aliphatic carbocycles. The number of carbonyl (C=O) groups is 1. The van der Waals surface area contributed by atoms with Crippen LogP contribution in [0.25, 0.3) is 10.9 Å². The molecule has 0 bridgehead atoms. The van der Waals surface area contributed by atoms with Crippen LogP contribution in [0.15, 0.2) is 18.2 Å². The number of nitrogens with one attached hydrogen (secondary N) is 1. The van der Waals surface area contributed by atoms with E-state index in [2.05, 4.69) is 4.98 Å². The molecular formula is C11H10FNO3. The Balaban J connectivity index is 2.51. The number of halogens is 1. The van der Waals surface area contributed by atoms with Gasteiger partial charge in [-0.2, -0.15) is 0 Å². The highest BCUT2D eigenvalue weighted by molar-refractivity contribution is 5.96. The summed E-state index contributed by atoms with van der Waals surface area (Å²) in [6.45, 7) is 1.95. The molecule has 4 nitrogen and oxygen atoms in total. The molecule has 0 radical (unpaired) electrons. The largest absolute Gasteiger partial charge is 0.507 e. The highest BCUT2D eigenvalue weighted by Gasteiger charge is 2.13. The third-order valence-electron chi connectivity index (χ3n) is 2.18. The maximum atomic E-state index is 13.0. The van der Waals surface area contributed by atoms with Crippen molar-refractivity contribution < 1.29 is 19.0 Å². The van der Waals surface area contributed by atoms with Gasteiger partial charge in [0.25, 0.3) is 0 Å². The van der Waals surface area contributed by atoms with Crippen LogP contribution in [-0.4, -0.2) is 22.7 Å². The first-order valence-electron chi connectivity index (χ1n) is 4.80. The number of aromatic nitrogens is 1. The Labute approximate surface area is 90.7 Å². The van der Waals surface area contributed by atoms with Crippen LogP contribution in [0.5, 0.6) is 5.75 Å². The summed E-state index contributed by atoms with van der Waals surface area (Å²) >= 11 is 0. The lowest BCUT2D eigenvalue weighted by atomic mass is 10.2. The molecule has 84 valence electrons. The second kappa shape index (κ2) is 3.84. The lowest BCUT2D eigenvalue weighted by Crippen LogP contribution is -2.04. The monoisotopic (exact) mass is 223 g/mol. The maximum Gasteiger partial charge on any atom is 0.354 e.